The molecule has 71 valence electrons. The van der Waals surface area contributed by atoms with E-state index in [1.54, 1.807) is 0 Å². The van der Waals surface area contributed by atoms with Crippen molar-refractivity contribution in [3.8, 4) is 0 Å². The van der Waals surface area contributed by atoms with Gasteiger partial charge in [0.15, 0.2) is 0 Å². The van der Waals surface area contributed by atoms with Crippen LogP contribution in [0.25, 0.3) is 0 Å². The Morgan fingerprint density at radius 2 is 2.08 bits per heavy atom. The van der Waals surface area contributed by atoms with Crippen LogP contribution in [0.15, 0.2) is 0 Å². The van der Waals surface area contributed by atoms with Gasteiger partial charge in [-0.15, -0.1) is 0 Å². The molecule has 1 unspecified atom stereocenters. The van der Waals surface area contributed by atoms with Crippen LogP contribution in [0, 0.1) is 11.3 Å². The van der Waals surface area contributed by atoms with E-state index in [0.29, 0.717) is 12.5 Å². The molecule has 0 heterocycles. The van der Waals surface area contributed by atoms with E-state index in [4.69, 9.17) is 0 Å². The topological polar surface area (TPSA) is 26.3 Å². The standard InChI is InChI=1S/C10H19O2/c1-5-10(4,6-9(2)3)7-12-8-11/h9H,5-7H2,1-4H3. The molecule has 0 aromatic heterocycles. The van der Waals surface area contributed by atoms with E-state index in [1.165, 1.54) is 6.47 Å². The number of ether oxygens (including phenoxy) is 1. The van der Waals surface area contributed by atoms with E-state index >= 15 is 0 Å². The van der Waals surface area contributed by atoms with Gasteiger partial charge in [-0.1, -0.05) is 27.7 Å². The Labute approximate surface area is 75.3 Å². The van der Waals surface area contributed by atoms with Crippen LogP contribution >= 0.6 is 0 Å². The fourth-order valence-corrected chi connectivity index (χ4v) is 1.49. The van der Waals surface area contributed by atoms with E-state index < -0.39 is 0 Å². The average molecular weight is 171 g/mol. The maximum absolute atomic E-state index is 9.91. The highest BCUT2D eigenvalue weighted by Gasteiger charge is 2.24. The van der Waals surface area contributed by atoms with E-state index in [2.05, 4.69) is 32.4 Å². The Morgan fingerprint density at radius 1 is 1.50 bits per heavy atom. The van der Waals surface area contributed by atoms with Gasteiger partial charge in [-0.25, -0.2) is 4.79 Å². The van der Waals surface area contributed by atoms with Crippen LogP contribution in [0.5, 0.6) is 0 Å². The molecule has 0 spiro atoms. The second kappa shape index (κ2) is 5.18. The normalized spacial score (nSPS) is 15.8. The molecular formula is C10H19O2. The summed E-state index contributed by atoms with van der Waals surface area (Å²) in [5, 5.41) is 0. The van der Waals surface area contributed by atoms with Gasteiger partial charge in [0.05, 0.1) is 6.61 Å². The first-order valence-corrected chi connectivity index (χ1v) is 4.53. The highest BCUT2D eigenvalue weighted by Crippen LogP contribution is 2.29. The van der Waals surface area contributed by atoms with Crippen LogP contribution in [-0.4, -0.2) is 13.1 Å². The fourth-order valence-electron chi connectivity index (χ4n) is 1.49. The Kier molecular flexibility index (Phi) is 4.95. The van der Waals surface area contributed by atoms with Crippen molar-refractivity contribution >= 4 is 6.47 Å². The van der Waals surface area contributed by atoms with Gasteiger partial charge in [0.2, 0.25) is 0 Å². The van der Waals surface area contributed by atoms with Gasteiger partial charge in [-0.05, 0) is 18.8 Å². The van der Waals surface area contributed by atoms with Gasteiger partial charge >= 0.3 is 6.47 Å². The molecule has 12 heavy (non-hydrogen) atoms. The maximum atomic E-state index is 9.91. The van der Waals surface area contributed by atoms with Crippen LogP contribution in [0.2, 0.25) is 0 Å². The third-order valence-electron chi connectivity index (χ3n) is 2.23. The van der Waals surface area contributed by atoms with Gasteiger partial charge in [0.1, 0.15) is 0 Å². The lowest BCUT2D eigenvalue weighted by molar-refractivity contribution is 0.118. The van der Waals surface area contributed by atoms with Gasteiger partial charge in [0, 0.05) is 5.41 Å². The average Bonchev–Trinajstić information content (AvgIpc) is 2.00. The predicted octanol–water partition coefficient (Wildman–Crippen LogP) is 2.53. The largest absolute Gasteiger partial charge is 0.457 e. The van der Waals surface area contributed by atoms with Crippen molar-refractivity contribution < 1.29 is 9.53 Å². The minimum Gasteiger partial charge on any atom is -0.457 e. The van der Waals surface area contributed by atoms with Crippen molar-refractivity contribution in [2.45, 2.75) is 40.5 Å². The molecule has 0 amide bonds. The predicted molar refractivity (Wildman–Crippen MR) is 49.5 cm³/mol. The number of carbonyl (C=O) groups excluding carboxylic acids is 1. The lowest BCUT2D eigenvalue weighted by Gasteiger charge is -2.28. The highest BCUT2D eigenvalue weighted by molar-refractivity contribution is 5.38. The minimum absolute atomic E-state index is 0.131. The minimum atomic E-state index is 0.131. The SMILES string of the molecule is CCC(C)(CO[C]=O)CC(C)C. The lowest BCUT2D eigenvalue weighted by atomic mass is 9.80. The fraction of sp³-hybridized carbons (Fsp3) is 0.900. The first-order chi connectivity index (χ1) is 5.54. The molecule has 0 aliphatic heterocycles. The third kappa shape index (κ3) is 4.37. The Bertz CT molecular complexity index is 132. The van der Waals surface area contributed by atoms with E-state index in [-0.39, 0.29) is 5.41 Å². The lowest BCUT2D eigenvalue weighted by Crippen LogP contribution is -2.24. The molecular weight excluding hydrogens is 152 g/mol. The molecule has 0 aromatic rings. The van der Waals surface area contributed by atoms with E-state index in [0.717, 1.165) is 12.8 Å². The third-order valence-corrected chi connectivity index (χ3v) is 2.23. The molecule has 0 saturated carbocycles. The summed E-state index contributed by atoms with van der Waals surface area (Å²) in [4.78, 5) is 9.91. The number of rotatable bonds is 6. The summed E-state index contributed by atoms with van der Waals surface area (Å²) in [5.41, 5.74) is 0.131. The number of hydrogen-bond acceptors (Lipinski definition) is 2. The van der Waals surface area contributed by atoms with E-state index in [9.17, 15) is 4.79 Å². The first-order valence-electron chi connectivity index (χ1n) is 4.53. The van der Waals surface area contributed by atoms with Gasteiger partial charge in [0.25, 0.3) is 0 Å². The molecule has 0 bridgehead atoms. The van der Waals surface area contributed by atoms with Crippen molar-refractivity contribution in [1.82, 2.24) is 0 Å². The molecule has 1 radical (unpaired) electrons. The summed E-state index contributed by atoms with van der Waals surface area (Å²) in [6.07, 6.45) is 2.12. The summed E-state index contributed by atoms with van der Waals surface area (Å²) >= 11 is 0. The zero-order valence-corrected chi connectivity index (χ0v) is 8.52. The van der Waals surface area contributed by atoms with Gasteiger partial charge in [-0.3, -0.25) is 0 Å². The molecule has 0 aliphatic carbocycles. The molecule has 0 rings (SSSR count). The summed E-state index contributed by atoms with van der Waals surface area (Å²) in [5.74, 6) is 0.644. The van der Waals surface area contributed by atoms with Crippen LogP contribution < -0.4 is 0 Å². The van der Waals surface area contributed by atoms with Crippen LogP contribution in [0.1, 0.15) is 40.5 Å². The monoisotopic (exact) mass is 171 g/mol. The molecule has 2 nitrogen and oxygen atoms in total. The second-order valence-electron chi connectivity index (χ2n) is 4.13. The van der Waals surface area contributed by atoms with Gasteiger partial charge in [-0.2, -0.15) is 0 Å². The summed E-state index contributed by atoms with van der Waals surface area (Å²) in [7, 11) is 0. The summed E-state index contributed by atoms with van der Waals surface area (Å²) < 4.78 is 4.68. The van der Waals surface area contributed by atoms with Crippen LogP contribution in [0.3, 0.4) is 0 Å². The van der Waals surface area contributed by atoms with Crippen molar-refractivity contribution in [3.05, 3.63) is 0 Å². The smallest absolute Gasteiger partial charge is 0.417 e. The van der Waals surface area contributed by atoms with Crippen molar-refractivity contribution in [2.24, 2.45) is 11.3 Å². The molecule has 1 atom stereocenters. The summed E-state index contributed by atoms with van der Waals surface area (Å²) in [6.45, 7) is 10.6. The Balaban J connectivity index is 3.94. The van der Waals surface area contributed by atoms with Crippen molar-refractivity contribution in [3.63, 3.8) is 0 Å². The molecule has 0 fully saturated rings. The highest BCUT2D eigenvalue weighted by atomic mass is 16.5. The Hall–Kier alpha value is -0.530. The first kappa shape index (κ1) is 11.5. The molecule has 0 saturated heterocycles. The van der Waals surface area contributed by atoms with Crippen LogP contribution in [-0.2, 0) is 9.53 Å². The van der Waals surface area contributed by atoms with Crippen molar-refractivity contribution in [2.75, 3.05) is 6.61 Å². The maximum Gasteiger partial charge on any atom is 0.417 e. The molecule has 0 N–H and O–H groups in total. The number of hydrogen-bond donors (Lipinski definition) is 0. The Morgan fingerprint density at radius 3 is 2.42 bits per heavy atom. The quantitative estimate of drug-likeness (QED) is 0.614. The zero-order valence-electron chi connectivity index (χ0n) is 8.52. The second-order valence-corrected chi connectivity index (χ2v) is 4.13. The zero-order chi connectivity index (χ0) is 9.61. The van der Waals surface area contributed by atoms with Crippen molar-refractivity contribution in [1.29, 1.82) is 0 Å². The van der Waals surface area contributed by atoms with E-state index in [1.807, 2.05) is 0 Å². The van der Waals surface area contributed by atoms with Crippen LogP contribution in [0.4, 0.5) is 0 Å². The van der Waals surface area contributed by atoms with Gasteiger partial charge < -0.3 is 4.74 Å². The molecule has 0 aliphatic rings. The molecule has 2 heteroatoms. The molecule has 0 aromatic carbocycles. The summed E-state index contributed by atoms with van der Waals surface area (Å²) in [6, 6.07) is 0.